The maximum Gasteiger partial charge on any atom is 0.255 e. The van der Waals surface area contributed by atoms with E-state index in [0.29, 0.717) is 31.9 Å². The normalized spacial score (nSPS) is 12.1. The van der Waals surface area contributed by atoms with Crippen LogP contribution in [0.15, 0.2) is 24.3 Å². The number of aliphatic hydroxyl groups excluding tert-OH is 1. The molecule has 0 bridgehead atoms. The van der Waals surface area contributed by atoms with Crippen LogP contribution >= 0.6 is 0 Å². The lowest BCUT2D eigenvalue weighted by Crippen LogP contribution is -2.23. The number of carbonyl (C=O) groups excluding carboxylic acids is 1. The molecule has 1 aromatic rings. The van der Waals surface area contributed by atoms with Gasteiger partial charge in [0.25, 0.3) is 5.91 Å². The van der Waals surface area contributed by atoms with Crippen molar-refractivity contribution >= 4 is 5.91 Å². The minimum atomic E-state index is -0.495. The number of aliphatic hydroxyl groups is 1. The predicted octanol–water partition coefficient (Wildman–Crippen LogP) is 0.0377. The molecule has 1 unspecified atom stereocenters. The van der Waals surface area contributed by atoms with Gasteiger partial charge in [-0.25, -0.2) is 0 Å². The van der Waals surface area contributed by atoms with Gasteiger partial charge < -0.3 is 25.6 Å². The highest BCUT2D eigenvalue weighted by Gasteiger charge is 2.02. The maximum atomic E-state index is 10.6. The molecule has 0 saturated carbocycles. The Morgan fingerprint density at radius 1 is 1.40 bits per heavy atom. The van der Waals surface area contributed by atoms with E-state index in [0.717, 1.165) is 5.56 Å². The van der Waals surface area contributed by atoms with E-state index in [2.05, 4.69) is 5.32 Å². The summed E-state index contributed by atoms with van der Waals surface area (Å²) in [6.07, 6.45) is 0.213. The number of methoxy groups -OCH3 is 1. The van der Waals surface area contributed by atoms with E-state index in [4.69, 9.17) is 15.2 Å². The molecule has 0 saturated heterocycles. The van der Waals surface area contributed by atoms with Crippen LogP contribution < -0.4 is 15.8 Å². The van der Waals surface area contributed by atoms with E-state index >= 15 is 0 Å². The van der Waals surface area contributed by atoms with Gasteiger partial charge in [-0.1, -0.05) is 12.1 Å². The van der Waals surface area contributed by atoms with E-state index in [1.807, 2.05) is 12.1 Å². The Hall–Kier alpha value is -1.63. The molecule has 1 rings (SSSR count). The molecule has 0 aromatic heterocycles. The van der Waals surface area contributed by atoms with Crippen molar-refractivity contribution in [2.45, 2.75) is 19.1 Å². The van der Waals surface area contributed by atoms with E-state index in [1.54, 1.807) is 19.2 Å². The third-order valence-corrected chi connectivity index (χ3v) is 2.65. The predicted molar refractivity (Wildman–Crippen MR) is 75.3 cm³/mol. The second-order valence-electron chi connectivity index (χ2n) is 4.47. The zero-order valence-corrected chi connectivity index (χ0v) is 11.7. The molecule has 6 heteroatoms. The van der Waals surface area contributed by atoms with Crippen molar-refractivity contribution in [3.63, 3.8) is 0 Å². The van der Waals surface area contributed by atoms with Crippen molar-refractivity contribution in [3.05, 3.63) is 29.8 Å². The topological polar surface area (TPSA) is 93.8 Å². The van der Waals surface area contributed by atoms with E-state index in [9.17, 15) is 9.90 Å². The first-order valence-corrected chi connectivity index (χ1v) is 6.49. The summed E-state index contributed by atoms with van der Waals surface area (Å²) in [5, 5.41) is 12.7. The van der Waals surface area contributed by atoms with Crippen LogP contribution in [-0.2, 0) is 16.1 Å². The summed E-state index contributed by atoms with van der Waals surface area (Å²) in [6.45, 7) is 1.66. The molecule has 0 aliphatic heterocycles. The van der Waals surface area contributed by atoms with Crippen LogP contribution in [0.25, 0.3) is 0 Å². The molecular weight excluding hydrogens is 260 g/mol. The highest BCUT2D eigenvalue weighted by atomic mass is 16.5. The molecule has 0 fully saturated rings. The van der Waals surface area contributed by atoms with Gasteiger partial charge in [-0.15, -0.1) is 0 Å². The van der Waals surface area contributed by atoms with E-state index in [-0.39, 0.29) is 6.61 Å². The number of primary amides is 1. The molecule has 4 N–H and O–H groups in total. The Morgan fingerprint density at radius 2 is 2.10 bits per heavy atom. The number of amides is 1. The Labute approximate surface area is 118 Å². The van der Waals surface area contributed by atoms with Gasteiger partial charge in [0.2, 0.25) is 0 Å². The van der Waals surface area contributed by atoms with Crippen LogP contribution in [0.1, 0.15) is 12.0 Å². The zero-order chi connectivity index (χ0) is 14.8. The van der Waals surface area contributed by atoms with Gasteiger partial charge in [0.1, 0.15) is 5.75 Å². The van der Waals surface area contributed by atoms with Gasteiger partial charge in [-0.2, -0.15) is 0 Å². The van der Waals surface area contributed by atoms with Gasteiger partial charge in [-0.3, -0.25) is 4.79 Å². The molecule has 0 radical (unpaired) electrons. The molecule has 112 valence electrons. The summed E-state index contributed by atoms with van der Waals surface area (Å²) in [5.74, 6) is 0.119. The average molecular weight is 282 g/mol. The highest BCUT2D eigenvalue weighted by Crippen LogP contribution is 2.11. The molecule has 0 heterocycles. The third kappa shape index (κ3) is 7.08. The van der Waals surface area contributed by atoms with Crippen LogP contribution in [-0.4, -0.2) is 44.0 Å². The van der Waals surface area contributed by atoms with Crippen LogP contribution in [0.3, 0.4) is 0 Å². The van der Waals surface area contributed by atoms with Crippen LogP contribution in [0.5, 0.6) is 5.75 Å². The standard InChI is InChI=1S/C14H22N2O4/c1-19-9-12(17)6-7-16-8-11-2-4-13(5-3-11)20-10-14(15)18/h2-5,12,16-17H,6-10H2,1H3,(H2,15,18). The molecule has 1 amide bonds. The summed E-state index contributed by atoms with van der Waals surface area (Å²) >= 11 is 0. The lowest BCUT2D eigenvalue weighted by molar-refractivity contribution is -0.119. The number of ether oxygens (including phenoxy) is 2. The third-order valence-electron chi connectivity index (χ3n) is 2.65. The number of nitrogens with two attached hydrogens (primary N) is 1. The van der Waals surface area contributed by atoms with E-state index < -0.39 is 12.0 Å². The molecule has 1 atom stereocenters. The van der Waals surface area contributed by atoms with Crippen molar-refractivity contribution in [3.8, 4) is 5.75 Å². The first kappa shape index (κ1) is 16.4. The number of rotatable bonds is 10. The molecule has 20 heavy (non-hydrogen) atoms. The number of hydrogen-bond donors (Lipinski definition) is 3. The zero-order valence-electron chi connectivity index (χ0n) is 11.7. The SMILES string of the molecule is COCC(O)CCNCc1ccc(OCC(N)=O)cc1. The monoisotopic (exact) mass is 282 g/mol. The fourth-order valence-corrected chi connectivity index (χ4v) is 1.64. The number of benzene rings is 1. The molecular formula is C14H22N2O4. The van der Waals surface area contributed by atoms with Crippen molar-refractivity contribution in [1.29, 1.82) is 0 Å². The van der Waals surface area contributed by atoms with Gasteiger partial charge in [0, 0.05) is 13.7 Å². The first-order chi connectivity index (χ1) is 9.61. The quantitative estimate of drug-likeness (QED) is 0.527. The lowest BCUT2D eigenvalue weighted by Gasteiger charge is -2.10. The smallest absolute Gasteiger partial charge is 0.255 e. The first-order valence-electron chi connectivity index (χ1n) is 6.49. The minimum Gasteiger partial charge on any atom is -0.484 e. The summed E-state index contributed by atoms with van der Waals surface area (Å²) in [6, 6.07) is 7.41. The molecule has 0 aliphatic rings. The number of hydrogen-bond acceptors (Lipinski definition) is 5. The Balaban J connectivity index is 2.22. The van der Waals surface area contributed by atoms with Gasteiger partial charge in [0.15, 0.2) is 6.61 Å². The second-order valence-corrected chi connectivity index (χ2v) is 4.47. The minimum absolute atomic E-state index is 0.116. The maximum absolute atomic E-state index is 10.6. The Bertz CT molecular complexity index is 395. The van der Waals surface area contributed by atoms with Gasteiger partial charge in [0.05, 0.1) is 12.7 Å². The van der Waals surface area contributed by atoms with Gasteiger partial charge in [-0.05, 0) is 30.7 Å². The average Bonchev–Trinajstić information content (AvgIpc) is 2.43. The lowest BCUT2D eigenvalue weighted by atomic mass is 10.2. The fraction of sp³-hybridized carbons (Fsp3) is 0.500. The molecule has 1 aromatic carbocycles. The number of nitrogens with one attached hydrogen (secondary N) is 1. The summed E-state index contributed by atoms with van der Waals surface area (Å²) in [4.78, 5) is 10.6. The molecule has 0 spiro atoms. The van der Waals surface area contributed by atoms with Crippen LogP contribution in [0.4, 0.5) is 0 Å². The van der Waals surface area contributed by atoms with E-state index in [1.165, 1.54) is 0 Å². The fourth-order valence-electron chi connectivity index (χ4n) is 1.64. The summed E-state index contributed by atoms with van der Waals surface area (Å²) in [5.41, 5.74) is 6.09. The summed E-state index contributed by atoms with van der Waals surface area (Å²) < 4.78 is 10.0. The highest BCUT2D eigenvalue weighted by molar-refractivity contribution is 5.75. The second kappa shape index (κ2) is 9.30. The van der Waals surface area contributed by atoms with Crippen molar-refractivity contribution in [2.24, 2.45) is 5.73 Å². The Kier molecular flexibility index (Phi) is 7.64. The van der Waals surface area contributed by atoms with Crippen molar-refractivity contribution < 1.29 is 19.4 Å². The number of carbonyl (C=O) groups is 1. The van der Waals surface area contributed by atoms with Crippen LogP contribution in [0, 0.1) is 0 Å². The van der Waals surface area contributed by atoms with Crippen molar-refractivity contribution in [2.75, 3.05) is 26.9 Å². The molecule has 0 aliphatic carbocycles. The summed E-state index contributed by atoms with van der Waals surface area (Å²) in [7, 11) is 1.57. The van der Waals surface area contributed by atoms with Crippen LogP contribution in [0.2, 0.25) is 0 Å². The largest absolute Gasteiger partial charge is 0.484 e. The van der Waals surface area contributed by atoms with Crippen molar-refractivity contribution in [1.82, 2.24) is 5.32 Å². The Morgan fingerprint density at radius 3 is 2.70 bits per heavy atom. The van der Waals surface area contributed by atoms with Gasteiger partial charge >= 0.3 is 0 Å². The molecule has 6 nitrogen and oxygen atoms in total.